The zero-order valence-electron chi connectivity index (χ0n) is 17.2. The van der Waals surface area contributed by atoms with E-state index >= 15 is 0 Å². The lowest BCUT2D eigenvalue weighted by atomic mass is 9.89. The van der Waals surface area contributed by atoms with Gasteiger partial charge in [-0.1, -0.05) is 31.4 Å². The second kappa shape index (κ2) is 10.5. The largest absolute Gasteiger partial charge is 0.356 e. The number of hydrogen-bond donors (Lipinski definition) is 2. The summed E-state index contributed by atoms with van der Waals surface area (Å²) in [7, 11) is 0. The van der Waals surface area contributed by atoms with Crippen LogP contribution in [0.5, 0.6) is 0 Å². The Kier molecular flexibility index (Phi) is 7.75. The van der Waals surface area contributed by atoms with Crippen molar-refractivity contribution in [3.63, 3.8) is 0 Å². The second-order valence-electron chi connectivity index (χ2n) is 8.60. The average Bonchev–Trinajstić information content (AvgIpc) is 2.72. The number of amides is 3. The Labute approximate surface area is 169 Å². The minimum absolute atomic E-state index is 0.0305. The molecule has 0 aromatic heterocycles. The molecule has 0 spiro atoms. The molecule has 2 fully saturated rings. The van der Waals surface area contributed by atoms with E-state index in [0.717, 1.165) is 50.1 Å². The highest BCUT2D eigenvalue weighted by Gasteiger charge is 2.24. The van der Waals surface area contributed by atoms with E-state index in [1.54, 1.807) is 0 Å². The Morgan fingerprint density at radius 3 is 2.64 bits per heavy atom. The summed E-state index contributed by atoms with van der Waals surface area (Å²) in [5, 5.41) is 6.13. The molecule has 1 atom stereocenters. The summed E-state index contributed by atoms with van der Waals surface area (Å²) in [5.74, 6) is 1.26. The SMILES string of the molecule is Cc1cccc(NC(=O)N2CCCC(CCC(=O)NCC3CCCCC3)C2)c1. The van der Waals surface area contributed by atoms with Gasteiger partial charge in [-0.25, -0.2) is 4.79 Å². The topological polar surface area (TPSA) is 61.4 Å². The maximum absolute atomic E-state index is 12.6. The molecular weight excluding hydrogens is 350 g/mol. The Balaban J connectivity index is 1.38. The van der Waals surface area contributed by atoms with Gasteiger partial charge in [0.15, 0.2) is 0 Å². The predicted octanol–water partition coefficient (Wildman–Crippen LogP) is 4.72. The van der Waals surface area contributed by atoms with Crippen molar-refractivity contribution in [3.05, 3.63) is 29.8 Å². The molecule has 1 unspecified atom stereocenters. The smallest absolute Gasteiger partial charge is 0.321 e. The molecule has 5 heteroatoms. The van der Waals surface area contributed by atoms with Gasteiger partial charge in [0, 0.05) is 31.7 Å². The van der Waals surface area contributed by atoms with E-state index in [2.05, 4.69) is 10.6 Å². The first-order chi connectivity index (χ1) is 13.6. The molecule has 28 heavy (non-hydrogen) atoms. The molecule has 2 aliphatic rings. The molecular formula is C23H35N3O2. The highest BCUT2D eigenvalue weighted by Crippen LogP contribution is 2.24. The number of anilines is 1. The number of nitrogens with zero attached hydrogens (tertiary/aromatic N) is 1. The lowest BCUT2D eigenvalue weighted by Gasteiger charge is -2.32. The van der Waals surface area contributed by atoms with Gasteiger partial charge in [0.1, 0.15) is 0 Å². The highest BCUT2D eigenvalue weighted by molar-refractivity contribution is 5.89. The van der Waals surface area contributed by atoms with Gasteiger partial charge in [0.25, 0.3) is 0 Å². The summed E-state index contributed by atoms with van der Waals surface area (Å²) in [6, 6.07) is 7.85. The molecule has 1 aliphatic heterocycles. The maximum atomic E-state index is 12.6. The number of benzene rings is 1. The van der Waals surface area contributed by atoms with Gasteiger partial charge in [-0.3, -0.25) is 4.79 Å². The number of hydrogen-bond acceptors (Lipinski definition) is 2. The van der Waals surface area contributed by atoms with Crippen molar-refractivity contribution in [2.24, 2.45) is 11.8 Å². The first kappa shape index (κ1) is 20.7. The van der Waals surface area contributed by atoms with Gasteiger partial charge in [-0.15, -0.1) is 0 Å². The van der Waals surface area contributed by atoms with Gasteiger partial charge >= 0.3 is 6.03 Å². The van der Waals surface area contributed by atoms with Gasteiger partial charge in [-0.2, -0.15) is 0 Å². The van der Waals surface area contributed by atoms with E-state index in [0.29, 0.717) is 18.3 Å². The van der Waals surface area contributed by atoms with Crippen LogP contribution in [0.3, 0.4) is 0 Å². The number of carbonyl (C=O) groups is 2. The number of rotatable bonds is 6. The number of aryl methyl sites for hydroxylation is 1. The molecule has 1 aromatic carbocycles. The lowest BCUT2D eigenvalue weighted by Crippen LogP contribution is -2.42. The van der Waals surface area contributed by atoms with Crippen molar-refractivity contribution in [1.29, 1.82) is 0 Å². The zero-order valence-corrected chi connectivity index (χ0v) is 17.2. The van der Waals surface area contributed by atoms with E-state index in [9.17, 15) is 9.59 Å². The van der Waals surface area contributed by atoms with Gasteiger partial charge in [0.05, 0.1) is 0 Å². The highest BCUT2D eigenvalue weighted by atomic mass is 16.2. The van der Waals surface area contributed by atoms with E-state index in [1.807, 2.05) is 36.1 Å². The van der Waals surface area contributed by atoms with Crippen LogP contribution in [0.2, 0.25) is 0 Å². The molecule has 1 aliphatic carbocycles. The van der Waals surface area contributed by atoms with E-state index < -0.39 is 0 Å². The van der Waals surface area contributed by atoms with Crippen molar-refractivity contribution in [2.45, 2.75) is 64.7 Å². The standard InChI is InChI=1S/C23H35N3O2/c1-18-7-5-11-21(15-18)25-23(28)26-14-6-10-20(17-26)12-13-22(27)24-16-19-8-3-2-4-9-19/h5,7,11,15,19-20H,2-4,6,8-10,12-14,16-17H2,1H3,(H,24,27)(H,25,28). The molecule has 154 valence electrons. The van der Waals surface area contributed by atoms with Crippen LogP contribution >= 0.6 is 0 Å². The second-order valence-corrected chi connectivity index (χ2v) is 8.60. The predicted molar refractivity (Wildman–Crippen MR) is 113 cm³/mol. The van der Waals surface area contributed by atoms with Crippen LogP contribution in [-0.2, 0) is 4.79 Å². The van der Waals surface area contributed by atoms with Crippen molar-refractivity contribution >= 4 is 17.6 Å². The molecule has 0 radical (unpaired) electrons. The fraction of sp³-hybridized carbons (Fsp3) is 0.652. The molecule has 1 heterocycles. The fourth-order valence-electron chi connectivity index (χ4n) is 4.48. The van der Waals surface area contributed by atoms with Crippen molar-refractivity contribution < 1.29 is 9.59 Å². The summed E-state index contributed by atoms with van der Waals surface area (Å²) < 4.78 is 0. The first-order valence-corrected chi connectivity index (χ1v) is 11.0. The molecule has 1 aromatic rings. The third kappa shape index (κ3) is 6.54. The van der Waals surface area contributed by atoms with Gasteiger partial charge in [0.2, 0.25) is 5.91 Å². The quantitative estimate of drug-likeness (QED) is 0.744. The van der Waals surface area contributed by atoms with Gasteiger partial charge in [-0.05, 0) is 68.6 Å². The minimum Gasteiger partial charge on any atom is -0.356 e. The molecule has 3 amide bonds. The number of nitrogens with one attached hydrogen (secondary N) is 2. The normalized spacial score (nSPS) is 20.6. The van der Waals surface area contributed by atoms with Crippen LogP contribution < -0.4 is 10.6 Å². The summed E-state index contributed by atoms with van der Waals surface area (Å²) in [5.41, 5.74) is 1.97. The molecule has 5 nitrogen and oxygen atoms in total. The zero-order chi connectivity index (χ0) is 19.8. The number of likely N-dealkylation sites (tertiary alicyclic amines) is 1. The maximum Gasteiger partial charge on any atom is 0.321 e. The van der Waals surface area contributed by atoms with Crippen molar-refractivity contribution in [3.8, 4) is 0 Å². The van der Waals surface area contributed by atoms with Crippen LogP contribution in [0.15, 0.2) is 24.3 Å². The van der Waals surface area contributed by atoms with Crippen molar-refractivity contribution in [2.75, 3.05) is 25.0 Å². The fourth-order valence-corrected chi connectivity index (χ4v) is 4.48. The molecule has 0 bridgehead atoms. The Morgan fingerprint density at radius 2 is 1.86 bits per heavy atom. The lowest BCUT2D eigenvalue weighted by molar-refractivity contribution is -0.121. The summed E-state index contributed by atoms with van der Waals surface area (Å²) >= 11 is 0. The third-order valence-electron chi connectivity index (χ3n) is 6.17. The molecule has 2 N–H and O–H groups in total. The average molecular weight is 386 g/mol. The molecule has 1 saturated carbocycles. The van der Waals surface area contributed by atoms with Crippen LogP contribution in [0, 0.1) is 18.8 Å². The van der Waals surface area contributed by atoms with Gasteiger partial charge < -0.3 is 15.5 Å². The van der Waals surface area contributed by atoms with Crippen LogP contribution in [-0.4, -0.2) is 36.5 Å². The van der Waals surface area contributed by atoms with Crippen molar-refractivity contribution in [1.82, 2.24) is 10.2 Å². The summed E-state index contributed by atoms with van der Waals surface area (Å²) in [6.07, 6.45) is 10.0. The summed E-state index contributed by atoms with van der Waals surface area (Å²) in [4.78, 5) is 26.7. The van der Waals surface area contributed by atoms with E-state index in [-0.39, 0.29) is 11.9 Å². The van der Waals surface area contributed by atoms with E-state index in [4.69, 9.17) is 0 Å². The number of urea groups is 1. The Morgan fingerprint density at radius 1 is 1.07 bits per heavy atom. The number of carbonyl (C=O) groups excluding carboxylic acids is 2. The van der Waals surface area contributed by atoms with Crippen LogP contribution in [0.1, 0.15) is 63.4 Å². The summed E-state index contributed by atoms with van der Waals surface area (Å²) in [6.45, 7) is 4.40. The third-order valence-corrected chi connectivity index (χ3v) is 6.17. The van der Waals surface area contributed by atoms with E-state index in [1.165, 1.54) is 32.1 Å². The Bertz CT molecular complexity index is 655. The Hall–Kier alpha value is -2.04. The first-order valence-electron chi connectivity index (χ1n) is 11.0. The van der Waals surface area contributed by atoms with Crippen LogP contribution in [0.4, 0.5) is 10.5 Å². The molecule has 1 saturated heterocycles. The molecule has 3 rings (SSSR count). The van der Waals surface area contributed by atoms with Crippen LogP contribution in [0.25, 0.3) is 0 Å². The minimum atomic E-state index is -0.0305. The number of piperidine rings is 1. The monoisotopic (exact) mass is 385 g/mol.